The van der Waals surface area contributed by atoms with Gasteiger partial charge in [0.2, 0.25) is 0 Å². The van der Waals surface area contributed by atoms with Crippen LogP contribution in [0.4, 0.5) is 9.18 Å². The highest BCUT2D eigenvalue weighted by atomic mass is 32.2. The summed E-state index contributed by atoms with van der Waals surface area (Å²) < 4.78 is 13.1. The van der Waals surface area contributed by atoms with Crippen LogP contribution in [0.1, 0.15) is 11.1 Å². The predicted molar refractivity (Wildman–Crippen MR) is 116 cm³/mol. The van der Waals surface area contributed by atoms with Crippen LogP contribution in [0.3, 0.4) is 0 Å². The van der Waals surface area contributed by atoms with E-state index in [9.17, 15) is 14.0 Å². The summed E-state index contributed by atoms with van der Waals surface area (Å²) in [5, 5.41) is 2.97. The van der Waals surface area contributed by atoms with Crippen LogP contribution in [0, 0.1) is 5.82 Å². The smallest absolute Gasteiger partial charge is 0.319 e. The summed E-state index contributed by atoms with van der Waals surface area (Å²) in [5.41, 5.74) is 0.610. The molecule has 3 amide bonds. The van der Waals surface area contributed by atoms with Crippen molar-refractivity contribution in [3.63, 3.8) is 0 Å². The Balaban J connectivity index is 1.55. The highest BCUT2D eigenvalue weighted by Gasteiger charge is 2.52. The molecule has 4 nitrogen and oxygen atoms in total. The molecule has 1 saturated heterocycles. The SMILES string of the molecule is O=C1NC(Cc2ccccc2)(c2ccccc2)C(=O)N1CCSc1ccc(F)cc1. The molecule has 3 aromatic carbocycles. The maximum atomic E-state index is 13.5. The molecule has 152 valence electrons. The zero-order chi connectivity index (χ0) is 21.0. The van der Waals surface area contributed by atoms with Crippen LogP contribution in [0.2, 0.25) is 0 Å². The number of thioether (sulfide) groups is 1. The molecule has 4 rings (SSSR count). The number of nitrogens with one attached hydrogen (secondary N) is 1. The molecule has 0 saturated carbocycles. The first-order valence-corrected chi connectivity index (χ1v) is 10.7. The van der Waals surface area contributed by atoms with Crippen LogP contribution < -0.4 is 5.32 Å². The van der Waals surface area contributed by atoms with Gasteiger partial charge in [-0.2, -0.15) is 0 Å². The summed E-state index contributed by atoms with van der Waals surface area (Å²) in [4.78, 5) is 28.5. The molecule has 1 N–H and O–H groups in total. The third-order valence-electron chi connectivity index (χ3n) is 5.15. The maximum Gasteiger partial charge on any atom is 0.325 e. The van der Waals surface area contributed by atoms with E-state index in [1.54, 1.807) is 12.1 Å². The number of hydrogen-bond acceptors (Lipinski definition) is 3. The van der Waals surface area contributed by atoms with Gasteiger partial charge in [-0.3, -0.25) is 9.69 Å². The first-order valence-electron chi connectivity index (χ1n) is 9.70. The van der Waals surface area contributed by atoms with Crippen LogP contribution in [-0.2, 0) is 16.8 Å². The Morgan fingerprint density at radius 2 is 1.50 bits per heavy atom. The van der Waals surface area contributed by atoms with E-state index >= 15 is 0 Å². The van der Waals surface area contributed by atoms with Crippen LogP contribution in [-0.4, -0.2) is 29.1 Å². The van der Waals surface area contributed by atoms with Crippen molar-refractivity contribution in [2.24, 2.45) is 0 Å². The van der Waals surface area contributed by atoms with Crippen molar-refractivity contribution in [2.45, 2.75) is 16.9 Å². The van der Waals surface area contributed by atoms with Gasteiger partial charge in [0, 0.05) is 23.6 Å². The Morgan fingerprint density at radius 1 is 0.867 bits per heavy atom. The molecule has 1 aliphatic heterocycles. The van der Waals surface area contributed by atoms with Crippen molar-refractivity contribution < 1.29 is 14.0 Å². The lowest BCUT2D eigenvalue weighted by atomic mass is 9.83. The summed E-state index contributed by atoms with van der Waals surface area (Å²) in [6.07, 6.45) is 0.379. The summed E-state index contributed by atoms with van der Waals surface area (Å²) in [6, 6.07) is 24.8. The molecule has 1 unspecified atom stereocenters. The largest absolute Gasteiger partial charge is 0.325 e. The lowest BCUT2D eigenvalue weighted by molar-refractivity contribution is -0.131. The number of amides is 3. The number of benzene rings is 3. The molecular weight excluding hydrogens is 399 g/mol. The average Bonchev–Trinajstić information content (AvgIpc) is 3.01. The first kappa shape index (κ1) is 20.2. The fraction of sp³-hybridized carbons (Fsp3) is 0.167. The highest BCUT2D eigenvalue weighted by Crippen LogP contribution is 2.33. The molecule has 0 bridgehead atoms. The number of hydrogen-bond donors (Lipinski definition) is 1. The number of urea groups is 1. The van der Waals surface area contributed by atoms with Crippen molar-refractivity contribution in [1.29, 1.82) is 0 Å². The topological polar surface area (TPSA) is 49.4 Å². The van der Waals surface area contributed by atoms with Gasteiger partial charge in [-0.05, 0) is 35.4 Å². The zero-order valence-corrected chi connectivity index (χ0v) is 17.1. The number of rotatable bonds is 7. The Morgan fingerprint density at radius 3 is 2.17 bits per heavy atom. The van der Waals surface area contributed by atoms with E-state index in [0.29, 0.717) is 12.2 Å². The molecule has 1 atom stereocenters. The molecule has 3 aromatic rings. The van der Waals surface area contributed by atoms with Crippen molar-refractivity contribution >= 4 is 23.7 Å². The van der Waals surface area contributed by atoms with E-state index in [1.807, 2.05) is 60.7 Å². The monoisotopic (exact) mass is 420 g/mol. The molecule has 0 aromatic heterocycles. The molecule has 30 heavy (non-hydrogen) atoms. The van der Waals surface area contributed by atoms with E-state index < -0.39 is 5.54 Å². The Bertz CT molecular complexity index is 1030. The maximum absolute atomic E-state index is 13.5. The molecule has 6 heteroatoms. The molecule has 0 aliphatic carbocycles. The van der Waals surface area contributed by atoms with Gasteiger partial charge in [0.15, 0.2) is 5.54 Å². The molecule has 1 fully saturated rings. The van der Waals surface area contributed by atoms with Gasteiger partial charge >= 0.3 is 6.03 Å². The van der Waals surface area contributed by atoms with Gasteiger partial charge in [0.1, 0.15) is 5.82 Å². The molecular formula is C24H21FN2O2S. The van der Waals surface area contributed by atoms with Gasteiger partial charge in [-0.1, -0.05) is 60.7 Å². The quantitative estimate of drug-likeness (QED) is 0.449. The van der Waals surface area contributed by atoms with Gasteiger partial charge in [-0.25, -0.2) is 9.18 Å². The Hall–Kier alpha value is -3.12. The third kappa shape index (κ3) is 4.09. The second-order valence-electron chi connectivity index (χ2n) is 7.12. The standard InChI is InChI=1S/C24H21FN2O2S/c25-20-11-13-21(14-12-20)30-16-15-27-22(28)24(26-23(27)29,19-9-5-2-6-10-19)17-18-7-3-1-4-8-18/h1-14H,15-17H2,(H,26,29). The minimum atomic E-state index is -1.12. The first-order chi connectivity index (χ1) is 14.6. The summed E-state index contributed by atoms with van der Waals surface area (Å²) in [6.45, 7) is 0.274. The summed E-state index contributed by atoms with van der Waals surface area (Å²) >= 11 is 1.48. The van der Waals surface area contributed by atoms with Crippen molar-refractivity contribution in [1.82, 2.24) is 10.2 Å². The normalized spacial score (nSPS) is 18.5. The average molecular weight is 421 g/mol. The van der Waals surface area contributed by atoms with Gasteiger partial charge in [0.25, 0.3) is 5.91 Å². The van der Waals surface area contributed by atoms with Gasteiger partial charge < -0.3 is 5.32 Å². The van der Waals surface area contributed by atoms with Crippen LogP contribution >= 0.6 is 11.8 Å². The number of carbonyl (C=O) groups excluding carboxylic acids is 2. The van der Waals surface area contributed by atoms with E-state index in [1.165, 1.54) is 28.8 Å². The highest BCUT2D eigenvalue weighted by molar-refractivity contribution is 7.99. The van der Waals surface area contributed by atoms with Crippen LogP contribution in [0.5, 0.6) is 0 Å². The lowest BCUT2D eigenvalue weighted by Gasteiger charge is -2.27. The number of nitrogens with zero attached hydrogens (tertiary/aromatic N) is 1. The van der Waals surface area contributed by atoms with Crippen LogP contribution in [0.25, 0.3) is 0 Å². The minimum Gasteiger partial charge on any atom is -0.319 e. The molecule has 1 heterocycles. The van der Waals surface area contributed by atoms with E-state index in [-0.39, 0.29) is 24.3 Å². The summed E-state index contributed by atoms with van der Waals surface area (Å²) in [7, 11) is 0. The van der Waals surface area contributed by atoms with E-state index in [2.05, 4.69) is 5.32 Å². The Kier molecular flexibility index (Phi) is 5.86. The second-order valence-corrected chi connectivity index (χ2v) is 8.29. The molecule has 1 aliphatic rings. The minimum absolute atomic E-state index is 0.248. The summed E-state index contributed by atoms with van der Waals surface area (Å²) in [5.74, 6) is -0.00895. The third-order valence-corrected chi connectivity index (χ3v) is 6.14. The van der Waals surface area contributed by atoms with Gasteiger partial charge in [-0.15, -0.1) is 11.8 Å². The fourth-order valence-corrected chi connectivity index (χ4v) is 4.50. The predicted octanol–water partition coefficient (Wildman–Crippen LogP) is 4.61. The van der Waals surface area contributed by atoms with Crippen molar-refractivity contribution in [2.75, 3.05) is 12.3 Å². The zero-order valence-electron chi connectivity index (χ0n) is 16.3. The Labute approximate surface area is 179 Å². The van der Waals surface area contributed by atoms with E-state index in [4.69, 9.17) is 0 Å². The van der Waals surface area contributed by atoms with Crippen molar-refractivity contribution in [3.8, 4) is 0 Å². The number of carbonyl (C=O) groups is 2. The second kappa shape index (κ2) is 8.71. The number of imide groups is 1. The number of halogens is 1. The van der Waals surface area contributed by atoms with Gasteiger partial charge in [0.05, 0.1) is 0 Å². The molecule has 0 spiro atoms. The lowest BCUT2D eigenvalue weighted by Crippen LogP contribution is -2.46. The van der Waals surface area contributed by atoms with Crippen LogP contribution in [0.15, 0.2) is 89.8 Å². The fourth-order valence-electron chi connectivity index (χ4n) is 3.66. The van der Waals surface area contributed by atoms with E-state index in [0.717, 1.165) is 16.0 Å². The van der Waals surface area contributed by atoms with Crippen molar-refractivity contribution in [3.05, 3.63) is 102 Å². The molecule has 0 radical (unpaired) electrons.